The molecule has 0 radical (unpaired) electrons. The molecule has 7 heteroatoms. The van der Waals surface area contributed by atoms with Crippen LogP contribution in [0.15, 0.2) is 17.0 Å². The fourth-order valence-electron chi connectivity index (χ4n) is 2.79. The van der Waals surface area contributed by atoms with Crippen LogP contribution in [0.25, 0.3) is 0 Å². The minimum absolute atomic E-state index is 0.0982. The maximum absolute atomic E-state index is 12.9. The Balaban J connectivity index is 2.24. The Hall–Kier alpha value is -1.15. The highest BCUT2D eigenvalue weighted by atomic mass is 32.2. The van der Waals surface area contributed by atoms with Gasteiger partial charge in [-0.05, 0) is 25.0 Å². The van der Waals surface area contributed by atoms with E-state index < -0.39 is 10.0 Å². The van der Waals surface area contributed by atoms with Crippen LogP contribution in [0, 0.1) is 13.8 Å². The minimum atomic E-state index is -3.52. The Morgan fingerprint density at radius 1 is 1.14 bits per heavy atom. The number of sulfonamides is 1. The topological polar surface area (TPSA) is 70.1 Å². The zero-order chi connectivity index (χ0) is 16.3. The first-order valence-corrected chi connectivity index (χ1v) is 8.82. The fourth-order valence-corrected chi connectivity index (χ4v) is 4.43. The quantitative estimate of drug-likeness (QED) is 0.858. The highest BCUT2D eigenvalue weighted by Crippen LogP contribution is 2.28. The molecule has 2 rings (SSSR count). The van der Waals surface area contributed by atoms with Gasteiger partial charge in [0.05, 0.1) is 18.6 Å². The summed E-state index contributed by atoms with van der Waals surface area (Å²) in [7, 11) is -1.97. The lowest BCUT2D eigenvalue weighted by molar-refractivity contribution is 0.151. The summed E-state index contributed by atoms with van der Waals surface area (Å²) in [5.41, 5.74) is 1.66. The summed E-state index contributed by atoms with van der Waals surface area (Å²) in [5, 5.41) is 8.95. The smallest absolute Gasteiger partial charge is 0.243 e. The second kappa shape index (κ2) is 6.95. The van der Waals surface area contributed by atoms with E-state index in [1.807, 2.05) is 13.0 Å². The SMILES string of the molecule is COc1cc(S(=O)(=O)N2CCN(CCO)CC2)c(C)cc1C. The number of nitrogens with zero attached hydrogens (tertiary/aromatic N) is 2. The zero-order valence-corrected chi connectivity index (χ0v) is 14.2. The summed E-state index contributed by atoms with van der Waals surface area (Å²) >= 11 is 0. The fraction of sp³-hybridized carbons (Fsp3) is 0.600. The highest BCUT2D eigenvalue weighted by molar-refractivity contribution is 7.89. The number of aryl methyl sites for hydroxylation is 2. The molecule has 0 amide bonds. The number of hydrogen-bond acceptors (Lipinski definition) is 5. The standard InChI is InChI=1S/C15H24N2O4S/c1-12-10-13(2)15(11-14(12)21-3)22(19,20)17-6-4-16(5-7-17)8-9-18/h10-11,18H,4-9H2,1-3H3. The lowest BCUT2D eigenvalue weighted by Crippen LogP contribution is -2.49. The average Bonchev–Trinajstić information content (AvgIpc) is 2.48. The van der Waals surface area contributed by atoms with Gasteiger partial charge in [0.25, 0.3) is 0 Å². The Labute approximate surface area is 132 Å². The van der Waals surface area contributed by atoms with Crippen LogP contribution in [0.2, 0.25) is 0 Å². The number of aliphatic hydroxyl groups is 1. The first-order valence-electron chi connectivity index (χ1n) is 7.38. The number of aliphatic hydroxyl groups excluding tert-OH is 1. The summed E-state index contributed by atoms with van der Waals surface area (Å²) in [5.74, 6) is 0.586. The molecule has 1 fully saturated rings. The molecular formula is C15H24N2O4S. The van der Waals surface area contributed by atoms with Crippen LogP contribution in [0.4, 0.5) is 0 Å². The molecule has 0 unspecified atom stereocenters. The van der Waals surface area contributed by atoms with E-state index in [0.717, 1.165) is 11.1 Å². The van der Waals surface area contributed by atoms with E-state index in [1.165, 1.54) is 4.31 Å². The van der Waals surface area contributed by atoms with Gasteiger partial charge in [0.1, 0.15) is 5.75 Å². The van der Waals surface area contributed by atoms with E-state index >= 15 is 0 Å². The van der Waals surface area contributed by atoms with E-state index in [4.69, 9.17) is 9.84 Å². The van der Waals surface area contributed by atoms with Gasteiger partial charge in [-0.1, -0.05) is 6.07 Å². The molecule has 0 atom stereocenters. The molecule has 6 nitrogen and oxygen atoms in total. The van der Waals surface area contributed by atoms with Gasteiger partial charge < -0.3 is 9.84 Å². The molecule has 1 N–H and O–H groups in total. The summed E-state index contributed by atoms with van der Waals surface area (Å²) in [6.45, 7) is 6.56. The van der Waals surface area contributed by atoms with Crippen molar-refractivity contribution in [3.8, 4) is 5.75 Å². The van der Waals surface area contributed by atoms with Crippen molar-refractivity contribution in [1.82, 2.24) is 9.21 Å². The molecular weight excluding hydrogens is 304 g/mol. The van der Waals surface area contributed by atoms with Crippen molar-refractivity contribution >= 4 is 10.0 Å². The third-order valence-corrected chi connectivity index (χ3v) is 6.10. The van der Waals surface area contributed by atoms with Crippen molar-refractivity contribution in [1.29, 1.82) is 0 Å². The predicted molar refractivity (Wildman–Crippen MR) is 84.8 cm³/mol. The van der Waals surface area contributed by atoms with Gasteiger partial charge >= 0.3 is 0 Å². The van der Waals surface area contributed by atoms with Gasteiger partial charge in [-0.2, -0.15) is 4.31 Å². The Kier molecular flexibility index (Phi) is 5.44. The summed E-state index contributed by atoms with van der Waals surface area (Å²) in [6.07, 6.45) is 0. The van der Waals surface area contributed by atoms with E-state index in [2.05, 4.69) is 4.90 Å². The van der Waals surface area contributed by atoms with Crippen molar-refractivity contribution in [2.45, 2.75) is 18.7 Å². The first-order chi connectivity index (χ1) is 10.4. The number of benzene rings is 1. The number of rotatable bonds is 5. The molecule has 0 spiro atoms. The number of methoxy groups -OCH3 is 1. The molecule has 1 aliphatic heterocycles. The van der Waals surface area contributed by atoms with Gasteiger partial charge in [0.15, 0.2) is 0 Å². The van der Waals surface area contributed by atoms with E-state index in [1.54, 1.807) is 20.1 Å². The molecule has 1 heterocycles. The monoisotopic (exact) mass is 328 g/mol. The van der Waals surface area contributed by atoms with Gasteiger partial charge in [-0.15, -0.1) is 0 Å². The number of ether oxygens (including phenoxy) is 1. The van der Waals surface area contributed by atoms with Crippen molar-refractivity contribution in [2.24, 2.45) is 0 Å². The Bertz CT molecular complexity index is 623. The van der Waals surface area contributed by atoms with Crippen LogP contribution < -0.4 is 4.74 Å². The van der Waals surface area contributed by atoms with Crippen LogP contribution in [0.1, 0.15) is 11.1 Å². The minimum Gasteiger partial charge on any atom is -0.496 e. The molecule has 22 heavy (non-hydrogen) atoms. The largest absolute Gasteiger partial charge is 0.496 e. The molecule has 124 valence electrons. The second-order valence-corrected chi connectivity index (χ2v) is 7.46. The summed E-state index contributed by atoms with van der Waals surface area (Å²) in [4.78, 5) is 2.37. The van der Waals surface area contributed by atoms with Gasteiger partial charge in [0, 0.05) is 38.8 Å². The Morgan fingerprint density at radius 3 is 2.32 bits per heavy atom. The van der Waals surface area contributed by atoms with Crippen molar-refractivity contribution < 1.29 is 18.3 Å². The van der Waals surface area contributed by atoms with Gasteiger partial charge in [-0.25, -0.2) is 8.42 Å². The van der Waals surface area contributed by atoms with Crippen molar-refractivity contribution in [2.75, 3.05) is 46.4 Å². The van der Waals surface area contributed by atoms with Crippen LogP contribution in [-0.4, -0.2) is 69.2 Å². The molecule has 1 saturated heterocycles. The maximum atomic E-state index is 12.9. The predicted octanol–water partition coefficient (Wildman–Crippen LogP) is 0.611. The third kappa shape index (κ3) is 3.43. The van der Waals surface area contributed by atoms with Gasteiger partial charge in [-0.3, -0.25) is 4.90 Å². The molecule has 1 aliphatic rings. The summed E-state index contributed by atoms with van der Waals surface area (Å²) in [6, 6.07) is 3.45. The molecule has 0 bridgehead atoms. The average molecular weight is 328 g/mol. The van der Waals surface area contributed by atoms with Crippen LogP contribution in [0.3, 0.4) is 0 Å². The lowest BCUT2D eigenvalue weighted by atomic mass is 10.1. The second-order valence-electron chi connectivity index (χ2n) is 5.56. The lowest BCUT2D eigenvalue weighted by Gasteiger charge is -2.33. The first kappa shape index (κ1) is 17.2. The van der Waals surface area contributed by atoms with E-state index in [-0.39, 0.29) is 6.61 Å². The van der Waals surface area contributed by atoms with Crippen LogP contribution in [0.5, 0.6) is 5.75 Å². The summed E-state index contributed by atoms with van der Waals surface area (Å²) < 4.78 is 32.5. The normalized spacial score (nSPS) is 17.6. The van der Waals surface area contributed by atoms with Crippen LogP contribution >= 0.6 is 0 Å². The molecule has 0 aromatic heterocycles. The van der Waals surface area contributed by atoms with E-state index in [9.17, 15) is 8.42 Å². The third-order valence-electron chi connectivity index (χ3n) is 4.06. The van der Waals surface area contributed by atoms with E-state index in [0.29, 0.717) is 43.4 Å². The maximum Gasteiger partial charge on any atom is 0.243 e. The molecule has 1 aromatic rings. The van der Waals surface area contributed by atoms with Crippen molar-refractivity contribution in [3.05, 3.63) is 23.3 Å². The molecule has 0 saturated carbocycles. The van der Waals surface area contributed by atoms with Crippen molar-refractivity contribution in [3.63, 3.8) is 0 Å². The molecule has 0 aliphatic carbocycles. The highest BCUT2D eigenvalue weighted by Gasteiger charge is 2.30. The Morgan fingerprint density at radius 2 is 1.77 bits per heavy atom. The zero-order valence-electron chi connectivity index (χ0n) is 13.4. The number of β-amino-alcohol motifs (C(OH)–C–C–N with tert-alkyl or cyclic N) is 1. The van der Waals surface area contributed by atoms with Gasteiger partial charge in [0.2, 0.25) is 10.0 Å². The molecule has 1 aromatic carbocycles. The number of hydrogen-bond donors (Lipinski definition) is 1. The number of piperazine rings is 1. The van der Waals surface area contributed by atoms with Crippen LogP contribution in [-0.2, 0) is 10.0 Å².